The lowest BCUT2D eigenvalue weighted by molar-refractivity contribution is 1.15. The standard InChI is InChI=1S/C39H24N4/c1-25-20-26(23-40)21-38(33(25)24-41)43-35-16-8-6-13-31(35)39-29(14-9-17-37(39)43)27-18-19-36-32(22-27)30-12-5-7-15-34(30)42(36)28-10-3-2-4-11-28/h2-22H,1H3. The summed E-state index contributed by atoms with van der Waals surface area (Å²) in [6, 6.07) is 48.8. The molecule has 0 N–H and O–H groups in total. The molecule has 0 aliphatic rings. The van der Waals surface area contributed by atoms with Crippen LogP contribution < -0.4 is 0 Å². The number of fused-ring (bicyclic) bond motifs is 6. The van der Waals surface area contributed by atoms with E-state index in [2.05, 4.69) is 124 Å². The summed E-state index contributed by atoms with van der Waals surface area (Å²) in [6.45, 7) is 1.89. The van der Waals surface area contributed by atoms with Crippen LogP contribution in [0.25, 0.3) is 66.1 Å². The molecule has 0 aliphatic heterocycles. The highest BCUT2D eigenvalue weighted by atomic mass is 15.0. The summed E-state index contributed by atoms with van der Waals surface area (Å²) >= 11 is 0. The Bertz CT molecular complexity index is 2480. The number of para-hydroxylation sites is 3. The second-order valence-corrected chi connectivity index (χ2v) is 10.9. The zero-order valence-electron chi connectivity index (χ0n) is 23.4. The molecule has 2 aromatic heterocycles. The molecule has 8 rings (SSSR count). The number of aromatic nitrogens is 2. The van der Waals surface area contributed by atoms with Gasteiger partial charge in [0.1, 0.15) is 6.07 Å². The van der Waals surface area contributed by atoms with E-state index in [1.807, 2.05) is 25.1 Å². The summed E-state index contributed by atoms with van der Waals surface area (Å²) in [6.07, 6.45) is 0. The highest BCUT2D eigenvalue weighted by Crippen LogP contribution is 2.41. The average molecular weight is 549 g/mol. The van der Waals surface area contributed by atoms with Crippen LogP contribution >= 0.6 is 0 Å². The first-order chi connectivity index (χ1) is 21.2. The first kappa shape index (κ1) is 24.7. The Kier molecular flexibility index (Phi) is 5.44. The lowest BCUT2D eigenvalue weighted by Crippen LogP contribution is -2.00. The number of aryl methyl sites for hydroxylation is 1. The summed E-state index contributed by atoms with van der Waals surface area (Å²) < 4.78 is 4.47. The molecule has 8 aromatic rings. The van der Waals surface area contributed by atoms with Gasteiger partial charge in [-0.3, -0.25) is 0 Å². The molecule has 0 radical (unpaired) electrons. The first-order valence-corrected chi connectivity index (χ1v) is 14.2. The molecular weight excluding hydrogens is 524 g/mol. The van der Waals surface area contributed by atoms with Crippen molar-refractivity contribution in [2.45, 2.75) is 6.92 Å². The van der Waals surface area contributed by atoms with Crippen molar-refractivity contribution >= 4 is 43.6 Å². The number of benzene rings is 6. The van der Waals surface area contributed by atoms with Crippen LogP contribution in [0.5, 0.6) is 0 Å². The monoisotopic (exact) mass is 548 g/mol. The highest BCUT2D eigenvalue weighted by molar-refractivity contribution is 6.17. The van der Waals surface area contributed by atoms with Crippen LogP contribution in [0.1, 0.15) is 16.7 Å². The largest absolute Gasteiger partial charge is 0.309 e. The van der Waals surface area contributed by atoms with Gasteiger partial charge in [0.25, 0.3) is 0 Å². The second-order valence-electron chi connectivity index (χ2n) is 10.9. The Morgan fingerprint density at radius 3 is 1.98 bits per heavy atom. The maximum atomic E-state index is 10.2. The molecule has 0 saturated carbocycles. The SMILES string of the molecule is Cc1cc(C#N)cc(-n2c3ccccc3c3c(-c4ccc5c(c4)c4ccccc4n5-c4ccccc4)cccc32)c1C#N. The highest BCUT2D eigenvalue weighted by Gasteiger charge is 2.20. The zero-order valence-corrected chi connectivity index (χ0v) is 23.4. The molecule has 0 aliphatic carbocycles. The van der Waals surface area contributed by atoms with Crippen molar-refractivity contribution in [3.63, 3.8) is 0 Å². The lowest BCUT2D eigenvalue weighted by Gasteiger charge is -2.13. The average Bonchev–Trinajstić information content (AvgIpc) is 3.57. The van der Waals surface area contributed by atoms with Gasteiger partial charge in [0.2, 0.25) is 0 Å². The van der Waals surface area contributed by atoms with E-state index in [-0.39, 0.29) is 0 Å². The van der Waals surface area contributed by atoms with Crippen LogP contribution in [0.4, 0.5) is 0 Å². The van der Waals surface area contributed by atoms with E-state index in [1.54, 1.807) is 6.07 Å². The van der Waals surface area contributed by atoms with E-state index >= 15 is 0 Å². The molecule has 0 unspecified atom stereocenters. The summed E-state index contributed by atoms with van der Waals surface area (Å²) in [7, 11) is 0. The van der Waals surface area contributed by atoms with Gasteiger partial charge >= 0.3 is 0 Å². The van der Waals surface area contributed by atoms with E-state index < -0.39 is 0 Å². The second kappa shape index (κ2) is 9.48. The minimum Gasteiger partial charge on any atom is -0.309 e. The molecule has 0 atom stereocenters. The molecule has 0 saturated heterocycles. The molecule has 2 heterocycles. The third-order valence-corrected chi connectivity index (χ3v) is 8.49. The van der Waals surface area contributed by atoms with Gasteiger partial charge in [-0.25, -0.2) is 0 Å². The molecule has 0 fully saturated rings. The van der Waals surface area contributed by atoms with Gasteiger partial charge in [-0.15, -0.1) is 0 Å². The van der Waals surface area contributed by atoms with Gasteiger partial charge in [0, 0.05) is 27.2 Å². The van der Waals surface area contributed by atoms with E-state index in [9.17, 15) is 10.5 Å². The maximum absolute atomic E-state index is 10.2. The van der Waals surface area contributed by atoms with E-state index in [4.69, 9.17) is 0 Å². The third-order valence-electron chi connectivity index (χ3n) is 8.49. The Labute approximate surface area is 248 Å². The number of rotatable bonds is 3. The van der Waals surface area contributed by atoms with Gasteiger partial charge in [0.15, 0.2) is 0 Å². The van der Waals surface area contributed by atoms with Gasteiger partial charge in [-0.1, -0.05) is 72.8 Å². The van der Waals surface area contributed by atoms with Gasteiger partial charge < -0.3 is 9.13 Å². The van der Waals surface area contributed by atoms with Gasteiger partial charge in [-0.2, -0.15) is 10.5 Å². The van der Waals surface area contributed by atoms with Crippen molar-refractivity contribution < 1.29 is 0 Å². The van der Waals surface area contributed by atoms with Crippen molar-refractivity contribution in [1.29, 1.82) is 10.5 Å². The molecule has 200 valence electrons. The van der Waals surface area contributed by atoms with Crippen LogP contribution in [0.15, 0.2) is 127 Å². The Morgan fingerprint density at radius 1 is 0.535 bits per heavy atom. The lowest BCUT2D eigenvalue weighted by atomic mass is 9.98. The third kappa shape index (κ3) is 3.61. The van der Waals surface area contributed by atoms with Crippen molar-refractivity contribution in [2.24, 2.45) is 0 Å². The minimum atomic E-state index is 0.536. The van der Waals surface area contributed by atoms with Gasteiger partial charge in [-0.05, 0) is 78.2 Å². The number of hydrogen-bond acceptors (Lipinski definition) is 2. The summed E-state index contributed by atoms with van der Waals surface area (Å²) in [5.74, 6) is 0. The predicted molar refractivity (Wildman–Crippen MR) is 175 cm³/mol. The Morgan fingerprint density at radius 2 is 1.21 bits per heavy atom. The first-order valence-electron chi connectivity index (χ1n) is 14.2. The van der Waals surface area contributed by atoms with Crippen LogP contribution in [0.2, 0.25) is 0 Å². The normalized spacial score (nSPS) is 11.3. The Hall–Kier alpha value is -6.10. The van der Waals surface area contributed by atoms with Crippen molar-refractivity contribution in [3.8, 4) is 34.6 Å². The molecule has 0 amide bonds. The quantitative estimate of drug-likeness (QED) is 0.221. The fourth-order valence-corrected chi connectivity index (χ4v) is 6.67. The van der Waals surface area contributed by atoms with Gasteiger partial charge in [0.05, 0.1) is 45.0 Å². The molecule has 4 heteroatoms. The molecule has 43 heavy (non-hydrogen) atoms. The van der Waals surface area contributed by atoms with Crippen LogP contribution in [-0.4, -0.2) is 9.13 Å². The number of nitrogens with zero attached hydrogens (tertiary/aromatic N) is 4. The number of hydrogen-bond donors (Lipinski definition) is 0. The van der Waals surface area contributed by atoms with Crippen molar-refractivity contribution in [1.82, 2.24) is 9.13 Å². The maximum Gasteiger partial charge on any atom is 0.102 e. The minimum absolute atomic E-state index is 0.536. The summed E-state index contributed by atoms with van der Waals surface area (Å²) in [5.41, 5.74) is 10.3. The summed E-state index contributed by atoms with van der Waals surface area (Å²) in [4.78, 5) is 0. The fraction of sp³-hybridized carbons (Fsp3) is 0.0256. The molecule has 0 spiro atoms. The van der Waals surface area contributed by atoms with Crippen LogP contribution in [-0.2, 0) is 0 Å². The van der Waals surface area contributed by atoms with Crippen LogP contribution in [0, 0.1) is 29.6 Å². The molecule has 6 aromatic carbocycles. The molecule has 4 nitrogen and oxygen atoms in total. The topological polar surface area (TPSA) is 57.4 Å². The van der Waals surface area contributed by atoms with E-state index in [1.165, 1.54) is 16.3 Å². The number of nitriles is 2. The Balaban J connectivity index is 1.44. The zero-order chi connectivity index (χ0) is 29.1. The smallest absolute Gasteiger partial charge is 0.102 e. The predicted octanol–water partition coefficient (Wildman–Crippen LogP) is 9.60. The van der Waals surface area contributed by atoms with Crippen LogP contribution in [0.3, 0.4) is 0 Å². The molecule has 0 bridgehead atoms. The van der Waals surface area contributed by atoms with Crippen molar-refractivity contribution in [3.05, 3.63) is 144 Å². The van der Waals surface area contributed by atoms with E-state index in [0.29, 0.717) is 11.1 Å². The fourth-order valence-electron chi connectivity index (χ4n) is 6.67. The molecular formula is C39H24N4. The van der Waals surface area contributed by atoms with Crippen molar-refractivity contribution in [2.75, 3.05) is 0 Å². The summed E-state index contributed by atoms with van der Waals surface area (Å²) in [5, 5.41) is 24.5. The van der Waals surface area contributed by atoms with E-state index in [0.717, 1.165) is 55.4 Å².